The van der Waals surface area contributed by atoms with Crippen molar-refractivity contribution in [3.63, 3.8) is 0 Å². The molecule has 1 unspecified atom stereocenters. The Morgan fingerprint density at radius 1 is 1.64 bits per heavy atom. The van der Waals surface area contributed by atoms with Gasteiger partial charge in [0.15, 0.2) is 0 Å². The fourth-order valence-electron chi connectivity index (χ4n) is 0.310. The van der Waals surface area contributed by atoms with E-state index in [-0.39, 0.29) is 42.0 Å². The number of carboxylic acid groups (broad SMARTS) is 1. The van der Waals surface area contributed by atoms with E-state index in [1.54, 1.807) is 6.92 Å². The van der Waals surface area contributed by atoms with Gasteiger partial charge < -0.3 is 10.4 Å². The van der Waals surface area contributed by atoms with Crippen LogP contribution in [-0.2, 0) is 9.59 Å². The van der Waals surface area contributed by atoms with E-state index in [4.69, 9.17) is 5.11 Å². The first-order chi connectivity index (χ1) is 4.54. The zero-order chi connectivity index (χ0) is 8.15. The van der Waals surface area contributed by atoms with Crippen molar-refractivity contribution < 1.29 is 14.7 Å². The van der Waals surface area contributed by atoms with Crippen molar-refractivity contribution in [3.05, 3.63) is 0 Å². The molecule has 0 aliphatic carbocycles. The molecule has 0 saturated heterocycles. The Kier molecular flexibility index (Phi) is 8.77. The molecule has 0 aliphatic heterocycles. The minimum absolute atomic E-state index is 0. The number of hydrogen-bond donors (Lipinski definition) is 3. The predicted octanol–water partition coefficient (Wildman–Crippen LogP) is -1.14. The van der Waals surface area contributed by atoms with Crippen LogP contribution in [0.15, 0.2) is 0 Å². The summed E-state index contributed by atoms with van der Waals surface area (Å²) < 4.78 is 0. The van der Waals surface area contributed by atoms with Crippen LogP contribution in [0, 0.1) is 0 Å². The second kappa shape index (κ2) is 6.97. The molecule has 1 amide bonds. The topological polar surface area (TPSA) is 66.4 Å². The Morgan fingerprint density at radius 3 is 2.36 bits per heavy atom. The number of aliphatic carboxylic acids is 1. The number of rotatable bonds is 3. The van der Waals surface area contributed by atoms with Crippen LogP contribution in [0.3, 0.4) is 0 Å². The Bertz CT molecular complexity index is 151. The second-order valence-electron chi connectivity index (χ2n) is 1.79. The molecule has 0 rings (SSSR count). The van der Waals surface area contributed by atoms with Crippen LogP contribution < -0.4 is 5.32 Å². The second-order valence-corrected chi connectivity index (χ2v) is 2.56. The number of carbonyl (C=O) groups is 2. The molecular weight excluding hydrogens is 177 g/mol. The van der Waals surface area contributed by atoms with E-state index in [1.807, 2.05) is 0 Å². The Hall–Kier alpha value is 0.290. The summed E-state index contributed by atoms with van der Waals surface area (Å²) in [6, 6.07) is 0. The van der Waals surface area contributed by atoms with Crippen molar-refractivity contribution in [1.29, 1.82) is 0 Å². The summed E-state index contributed by atoms with van der Waals surface area (Å²) in [5.41, 5.74) is 0. The van der Waals surface area contributed by atoms with Gasteiger partial charge >= 0.3 is 35.5 Å². The third-order valence-corrected chi connectivity index (χ3v) is 1.03. The Balaban J connectivity index is 0. The zero-order valence-corrected chi connectivity index (χ0v) is 6.39. The van der Waals surface area contributed by atoms with Crippen molar-refractivity contribution in [2.75, 3.05) is 6.54 Å². The fraction of sp³-hybridized carbons (Fsp3) is 0.600. The third kappa shape index (κ3) is 8.19. The van der Waals surface area contributed by atoms with Gasteiger partial charge in [0.05, 0.1) is 5.25 Å². The molecule has 0 spiro atoms. The zero-order valence-electron chi connectivity index (χ0n) is 5.50. The van der Waals surface area contributed by atoms with Crippen molar-refractivity contribution in [3.8, 4) is 0 Å². The van der Waals surface area contributed by atoms with Gasteiger partial charge in [0, 0.05) is 0 Å². The summed E-state index contributed by atoms with van der Waals surface area (Å²) in [7, 11) is 0. The van der Waals surface area contributed by atoms with Gasteiger partial charge in [0.1, 0.15) is 6.54 Å². The number of nitrogens with one attached hydrogen (secondary N) is 1. The standard InChI is InChI=1S/C5H9NO3S.Na.H/c1-3(10)5(9)6-2-4(7)8;;/h3,10H,2H2,1H3,(H,6,9)(H,7,8);;. The van der Waals surface area contributed by atoms with Gasteiger partial charge in [-0.15, -0.1) is 0 Å². The van der Waals surface area contributed by atoms with Crippen LogP contribution in [-0.4, -0.2) is 58.3 Å². The number of thiol groups is 1. The number of carbonyl (C=O) groups excluding carboxylic acids is 1. The van der Waals surface area contributed by atoms with Crippen LogP contribution >= 0.6 is 12.6 Å². The summed E-state index contributed by atoms with van der Waals surface area (Å²) in [4.78, 5) is 20.5. The molecule has 1 atom stereocenters. The third-order valence-electron chi connectivity index (χ3n) is 0.793. The van der Waals surface area contributed by atoms with E-state index >= 15 is 0 Å². The quantitative estimate of drug-likeness (QED) is 0.386. The van der Waals surface area contributed by atoms with Crippen molar-refractivity contribution in [1.82, 2.24) is 5.32 Å². The van der Waals surface area contributed by atoms with Gasteiger partial charge in [0.25, 0.3) is 0 Å². The number of amides is 1. The molecule has 0 saturated carbocycles. The first-order valence-electron chi connectivity index (χ1n) is 2.71. The van der Waals surface area contributed by atoms with Crippen LogP contribution in [0.2, 0.25) is 0 Å². The molecule has 0 radical (unpaired) electrons. The van der Waals surface area contributed by atoms with E-state index < -0.39 is 11.2 Å². The van der Waals surface area contributed by atoms with E-state index in [0.717, 1.165) is 0 Å². The molecule has 4 nitrogen and oxygen atoms in total. The van der Waals surface area contributed by atoms with E-state index in [0.29, 0.717) is 0 Å². The van der Waals surface area contributed by atoms with Crippen LogP contribution in [0.4, 0.5) is 0 Å². The number of hydrogen-bond acceptors (Lipinski definition) is 3. The maximum absolute atomic E-state index is 10.6. The summed E-state index contributed by atoms with van der Waals surface area (Å²) in [6.45, 7) is 1.23. The summed E-state index contributed by atoms with van der Waals surface area (Å²) in [6.07, 6.45) is 0. The molecule has 0 aliphatic rings. The van der Waals surface area contributed by atoms with Crippen molar-refractivity contribution >= 4 is 54.1 Å². The van der Waals surface area contributed by atoms with Crippen LogP contribution in [0.5, 0.6) is 0 Å². The summed E-state index contributed by atoms with van der Waals surface area (Å²) >= 11 is 3.79. The summed E-state index contributed by atoms with van der Waals surface area (Å²) in [5.74, 6) is -1.42. The predicted molar refractivity (Wildman–Crippen MR) is 46.2 cm³/mol. The number of carboxylic acids is 1. The van der Waals surface area contributed by atoms with Crippen LogP contribution in [0.1, 0.15) is 6.92 Å². The maximum atomic E-state index is 10.6. The van der Waals surface area contributed by atoms with E-state index in [1.165, 1.54) is 0 Å². The van der Waals surface area contributed by atoms with Gasteiger partial charge in [-0.25, -0.2) is 0 Å². The van der Waals surface area contributed by atoms with Crippen molar-refractivity contribution in [2.24, 2.45) is 0 Å². The molecule has 0 aromatic heterocycles. The van der Waals surface area contributed by atoms with Gasteiger partial charge in [-0.3, -0.25) is 9.59 Å². The van der Waals surface area contributed by atoms with Gasteiger partial charge in [-0.05, 0) is 6.92 Å². The van der Waals surface area contributed by atoms with Crippen molar-refractivity contribution in [2.45, 2.75) is 12.2 Å². The minimum atomic E-state index is -1.05. The normalized spacial score (nSPS) is 11.1. The Labute approximate surface area is 92.4 Å². The van der Waals surface area contributed by atoms with Gasteiger partial charge in [0.2, 0.25) is 5.91 Å². The Morgan fingerprint density at radius 2 is 2.09 bits per heavy atom. The molecule has 11 heavy (non-hydrogen) atoms. The van der Waals surface area contributed by atoms with Gasteiger partial charge in [-0.1, -0.05) is 0 Å². The molecule has 60 valence electrons. The molecule has 6 heteroatoms. The van der Waals surface area contributed by atoms with Crippen LogP contribution in [0.25, 0.3) is 0 Å². The monoisotopic (exact) mass is 187 g/mol. The molecular formula is C5H10NNaO3S. The van der Waals surface area contributed by atoms with E-state index in [2.05, 4.69) is 17.9 Å². The molecule has 2 N–H and O–H groups in total. The fourth-order valence-corrected chi connectivity index (χ4v) is 0.402. The SMILES string of the molecule is CC(S)C(=O)NCC(=O)O.[NaH]. The van der Waals surface area contributed by atoms with Gasteiger partial charge in [-0.2, -0.15) is 12.6 Å². The average Bonchev–Trinajstić information content (AvgIpc) is 1.82. The molecule has 0 aromatic carbocycles. The average molecular weight is 187 g/mol. The molecule has 0 fully saturated rings. The first kappa shape index (κ1) is 13.9. The molecule has 0 aromatic rings. The first-order valence-corrected chi connectivity index (χ1v) is 3.23. The van der Waals surface area contributed by atoms with E-state index in [9.17, 15) is 9.59 Å². The summed E-state index contributed by atoms with van der Waals surface area (Å²) in [5, 5.41) is 9.81. The molecule has 0 bridgehead atoms. The molecule has 0 heterocycles.